The fourth-order valence-electron chi connectivity index (χ4n) is 1.61. The van der Waals surface area contributed by atoms with E-state index < -0.39 is 67.5 Å². The highest BCUT2D eigenvalue weighted by atomic mass is 19.4. The highest BCUT2D eigenvalue weighted by Gasteiger charge is 2.77. The second-order valence-electron chi connectivity index (χ2n) is 5.61. The van der Waals surface area contributed by atoms with E-state index in [9.17, 15) is 57.5 Å². The standard InChI is InChI=1S/C12H12F12O7/c1-29-4(2-30-5(25)7(27,9(13,14)15)10(16,17)18)3-31-6(26)8(28,11(19,20)21)12(22,23)24/h4-5,25,27-28H,2-3H2,1H3. The molecule has 0 aliphatic carbocycles. The van der Waals surface area contributed by atoms with Gasteiger partial charge in [-0.1, -0.05) is 0 Å². The van der Waals surface area contributed by atoms with Gasteiger partial charge < -0.3 is 29.5 Å². The summed E-state index contributed by atoms with van der Waals surface area (Å²) in [5, 5.41) is 26.5. The molecule has 2 atom stereocenters. The Morgan fingerprint density at radius 3 is 1.45 bits per heavy atom. The number of rotatable bonds is 8. The lowest BCUT2D eigenvalue weighted by Gasteiger charge is -2.35. The first-order valence-corrected chi connectivity index (χ1v) is 7.19. The smallest absolute Gasteiger partial charge is 0.437 e. The molecule has 0 aromatic carbocycles. The Morgan fingerprint density at radius 2 is 1.16 bits per heavy atom. The van der Waals surface area contributed by atoms with Gasteiger partial charge in [-0.15, -0.1) is 0 Å². The van der Waals surface area contributed by atoms with Gasteiger partial charge in [-0.05, 0) is 0 Å². The van der Waals surface area contributed by atoms with Crippen LogP contribution in [-0.4, -0.2) is 89.9 Å². The third-order valence-corrected chi connectivity index (χ3v) is 3.51. The number of carbonyl (C=O) groups excluding carboxylic acids is 1. The van der Waals surface area contributed by atoms with Gasteiger partial charge in [0.2, 0.25) is 6.29 Å². The fraction of sp³-hybridized carbons (Fsp3) is 0.917. The molecule has 0 aliphatic rings. The summed E-state index contributed by atoms with van der Waals surface area (Å²) in [5.74, 6) is -3.35. The molecule has 31 heavy (non-hydrogen) atoms. The fourth-order valence-corrected chi connectivity index (χ4v) is 1.61. The molecular weight excluding hydrogens is 484 g/mol. The molecule has 19 heteroatoms. The molecule has 0 amide bonds. The second kappa shape index (κ2) is 9.12. The molecule has 0 radical (unpaired) electrons. The highest BCUT2D eigenvalue weighted by molar-refractivity contribution is 5.81. The van der Waals surface area contributed by atoms with E-state index in [1.54, 1.807) is 0 Å². The number of hydrogen-bond acceptors (Lipinski definition) is 7. The Morgan fingerprint density at radius 1 is 0.774 bits per heavy atom. The lowest BCUT2D eigenvalue weighted by Crippen LogP contribution is -2.65. The molecular formula is C12H12F12O7. The molecule has 0 rings (SSSR count). The summed E-state index contributed by atoms with van der Waals surface area (Å²) in [6, 6.07) is 0. The van der Waals surface area contributed by atoms with E-state index in [1.807, 2.05) is 0 Å². The molecule has 2 unspecified atom stereocenters. The van der Waals surface area contributed by atoms with Gasteiger partial charge in [0.25, 0.3) is 0 Å². The summed E-state index contributed by atoms with van der Waals surface area (Å²) < 4.78 is 161. The number of halogens is 12. The van der Waals surface area contributed by atoms with E-state index in [-0.39, 0.29) is 0 Å². The summed E-state index contributed by atoms with van der Waals surface area (Å²) >= 11 is 0. The Bertz CT molecular complexity index is 581. The minimum Gasteiger partial charge on any atom is -0.460 e. The van der Waals surface area contributed by atoms with Gasteiger partial charge in [-0.25, -0.2) is 4.79 Å². The van der Waals surface area contributed by atoms with Crippen LogP contribution in [0, 0.1) is 0 Å². The van der Waals surface area contributed by atoms with E-state index >= 15 is 0 Å². The van der Waals surface area contributed by atoms with E-state index in [4.69, 9.17) is 15.3 Å². The van der Waals surface area contributed by atoms with Crippen molar-refractivity contribution in [2.45, 2.75) is 48.3 Å². The van der Waals surface area contributed by atoms with E-state index in [0.717, 1.165) is 0 Å². The van der Waals surface area contributed by atoms with E-state index in [2.05, 4.69) is 14.2 Å². The third kappa shape index (κ3) is 5.82. The van der Waals surface area contributed by atoms with E-state index in [1.165, 1.54) is 0 Å². The van der Waals surface area contributed by atoms with Crippen LogP contribution in [0.25, 0.3) is 0 Å². The molecule has 0 bridgehead atoms. The number of carbonyl (C=O) groups is 1. The summed E-state index contributed by atoms with van der Waals surface area (Å²) in [6.07, 6.45) is -32.6. The molecule has 0 aromatic rings. The molecule has 0 fully saturated rings. The Balaban J connectivity index is 5.35. The van der Waals surface area contributed by atoms with Crippen LogP contribution in [0.4, 0.5) is 52.7 Å². The highest BCUT2D eigenvalue weighted by Crippen LogP contribution is 2.46. The summed E-state index contributed by atoms with van der Waals surface area (Å²) in [7, 11) is 0.549. The predicted molar refractivity (Wildman–Crippen MR) is 67.8 cm³/mol. The number of alkyl halides is 12. The molecule has 0 heterocycles. The number of aliphatic hydroxyl groups excluding tert-OH is 1. The van der Waals surface area contributed by atoms with Crippen molar-refractivity contribution in [3.05, 3.63) is 0 Å². The van der Waals surface area contributed by atoms with Crippen LogP contribution in [-0.2, 0) is 19.0 Å². The molecule has 3 N–H and O–H groups in total. The average Bonchev–Trinajstić information content (AvgIpc) is 2.55. The Labute approximate surface area is 163 Å². The summed E-state index contributed by atoms with van der Waals surface area (Å²) in [6.45, 7) is -3.40. The third-order valence-electron chi connectivity index (χ3n) is 3.51. The number of ether oxygens (including phenoxy) is 3. The van der Waals surface area contributed by atoms with Gasteiger partial charge in [-0.3, -0.25) is 0 Å². The van der Waals surface area contributed by atoms with Crippen LogP contribution in [0.3, 0.4) is 0 Å². The monoisotopic (exact) mass is 496 g/mol. The van der Waals surface area contributed by atoms with Crippen LogP contribution in [0.15, 0.2) is 0 Å². The van der Waals surface area contributed by atoms with Gasteiger partial charge in [0.05, 0.1) is 6.61 Å². The van der Waals surface area contributed by atoms with Crippen molar-refractivity contribution in [3.63, 3.8) is 0 Å². The van der Waals surface area contributed by atoms with Crippen molar-refractivity contribution in [2.24, 2.45) is 0 Å². The van der Waals surface area contributed by atoms with Gasteiger partial charge in [-0.2, -0.15) is 52.7 Å². The van der Waals surface area contributed by atoms with Crippen LogP contribution in [0.2, 0.25) is 0 Å². The van der Waals surface area contributed by atoms with Gasteiger partial charge in [0, 0.05) is 7.11 Å². The Hall–Kier alpha value is -1.57. The first kappa shape index (κ1) is 29.4. The molecule has 0 aromatic heterocycles. The largest absolute Gasteiger partial charge is 0.460 e. The SMILES string of the molecule is COC(COC(=O)C(O)(C(F)(F)F)C(F)(F)F)COC(O)C(O)(C(F)(F)F)C(F)(F)F. The first-order chi connectivity index (χ1) is 13.5. The quantitative estimate of drug-likeness (QED) is 0.267. The van der Waals surface area contributed by atoms with Gasteiger partial charge in [0.1, 0.15) is 12.7 Å². The molecule has 0 spiro atoms. The lowest BCUT2D eigenvalue weighted by atomic mass is 10.0. The van der Waals surface area contributed by atoms with Crippen molar-refractivity contribution in [3.8, 4) is 0 Å². The number of hydrogen-bond donors (Lipinski definition) is 3. The molecule has 0 saturated carbocycles. The predicted octanol–water partition coefficient (Wildman–Crippen LogP) is 1.59. The maximum Gasteiger partial charge on any atom is 0.437 e. The maximum absolute atomic E-state index is 12.5. The van der Waals surface area contributed by atoms with Crippen molar-refractivity contribution in [2.75, 3.05) is 20.3 Å². The minimum absolute atomic E-state index is 0.549. The van der Waals surface area contributed by atoms with E-state index in [0.29, 0.717) is 7.11 Å². The summed E-state index contributed by atoms with van der Waals surface area (Å²) in [4.78, 5) is 11.1. The lowest BCUT2D eigenvalue weighted by molar-refractivity contribution is -0.422. The van der Waals surface area contributed by atoms with Gasteiger partial charge >= 0.3 is 41.9 Å². The minimum atomic E-state index is -6.63. The second-order valence-corrected chi connectivity index (χ2v) is 5.61. The molecule has 0 aliphatic heterocycles. The molecule has 7 nitrogen and oxygen atoms in total. The van der Waals surface area contributed by atoms with Crippen LogP contribution in [0.1, 0.15) is 0 Å². The van der Waals surface area contributed by atoms with Gasteiger partial charge in [0.15, 0.2) is 0 Å². The number of esters is 1. The van der Waals surface area contributed by atoms with Crippen LogP contribution < -0.4 is 0 Å². The zero-order chi connectivity index (χ0) is 25.3. The van der Waals surface area contributed by atoms with Crippen LogP contribution >= 0.6 is 0 Å². The molecule has 0 saturated heterocycles. The van der Waals surface area contributed by atoms with Crippen LogP contribution in [0.5, 0.6) is 0 Å². The average molecular weight is 496 g/mol. The molecule has 186 valence electrons. The van der Waals surface area contributed by atoms with Crippen molar-refractivity contribution < 1.29 is 87.0 Å². The number of aliphatic hydroxyl groups is 3. The topological polar surface area (TPSA) is 105 Å². The van der Waals surface area contributed by atoms with Crippen molar-refractivity contribution in [1.82, 2.24) is 0 Å². The zero-order valence-electron chi connectivity index (χ0n) is 14.6. The van der Waals surface area contributed by atoms with Crippen molar-refractivity contribution in [1.29, 1.82) is 0 Å². The maximum atomic E-state index is 12.5. The summed E-state index contributed by atoms with van der Waals surface area (Å²) in [5.41, 5.74) is -11.9. The zero-order valence-corrected chi connectivity index (χ0v) is 14.6. The number of methoxy groups -OCH3 is 1. The Kier molecular flexibility index (Phi) is 8.66. The first-order valence-electron chi connectivity index (χ1n) is 7.19. The van der Waals surface area contributed by atoms with Crippen molar-refractivity contribution >= 4 is 5.97 Å². The normalized spacial score (nSPS) is 16.8.